The first-order valence-electron chi connectivity index (χ1n) is 8.81. The van der Waals surface area contributed by atoms with Gasteiger partial charge in [0.25, 0.3) is 0 Å². The van der Waals surface area contributed by atoms with Gasteiger partial charge in [-0.05, 0) is 11.1 Å². The second kappa shape index (κ2) is 15.0. The summed E-state index contributed by atoms with van der Waals surface area (Å²) in [6, 6.07) is 20.0. The molecule has 4 nitrogen and oxygen atoms in total. The molecule has 148 valence electrons. The molecule has 0 atom stereocenters. The number of alkyl halides is 1. The molecule has 0 saturated carbocycles. The number of carbonyl (C=O) groups is 2. The van der Waals surface area contributed by atoms with Crippen molar-refractivity contribution in [2.45, 2.75) is 39.6 Å². The molecule has 0 bridgehead atoms. The first kappa shape index (κ1) is 24.9. The monoisotopic (exact) mass is 436 g/mol. The summed E-state index contributed by atoms with van der Waals surface area (Å²) >= 11 is 3.36. The van der Waals surface area contributed by atoms with Crippen LogP contribution in [0.15, 0.2) is 60.7 Å². The summed E-state index contributed by atoms with van der Waals surface area (Å²) < 4.78 is 5.05. The van der Waals surface area contributed by atoms with E-state index < -0.39 is 5.97 Å². The van der Waals surface area contributed by atoms with Gasteiger partial charge < -0.3 is 9.84 Å². The molecule has 0 heterocycles. The van der Waals surface area contributed by atoms with Crippen LogP contribution in [0.4, 0.5) is 0 Å². The van der Waals surface area contributed by atoms with Gasteiger partial charge in [0.1, 0.15) is 6.61 Å². The molecule has 0 amide bonds. The Labute approximate surface area is 170 Å². The van der Waals surface area contributed by atoms with Crippen molar-refractivity contribution in [2.75, 3.05) is 0 Å². The Balaban J connectivity index is 0.000000413. The van der Waals surface area contributed by atoms with Gasteiger partial charge in [0.05, 0.1) is 11.8 Å². The van der Waals surface area contributed by atoms with Crippen LogP contribution < -0.4 is 0 Å². The highest BCUT2D eigenvalue weighted by atomic mass is 79.9. The third-order valence-electron chi connectivity index (χ3n) is 3.19. The second-order valence-electron chi connectivity index (χ2n) is 6.36. The van der Waals surface area contributed by atoms with E-state index in [0.29, 0.717) is 6.61 Å². The molecule has 5 heteroatoms. The molecular weight excluding hydrogens is 408 g/mol. The summed E-state index contributed by atoms with van der Waals surface area (Å²) in [5.74, 6) is -1.17. The lowest BCUT2D eigenvalue weighted by atomic mass is 10.2. The van der Waals surface area contributed by atoms with Gasteiger partial charge in [0, 0.05) is 5.33 Å². The minimum absolute atomic E-state index is 0.0521. The molecule has 27 heavy (non-hydrogen) atoms. The number of rotatable bonds is 5. The van der Waals surface area contributed by atoms with Crippen LogP contribution in [0.2, 0.25) is 0 Å². The van der Waals surface area contributed by atoms with Crippen molar-refractivity contribution >= 4 is 27.9 Å². The molecule has 0 radical (unpaired) electrons. The minimum Gasteiger partial charge on any atom is -0.481 e. The van der Waals surface area contributed by atoms with Crippen molar-refractivity contribution in [3.8, 4) is 0 Å². The predicted octanol–water partition coefficient (Wildman–Crippen LogP) is 5.69. The zero-order valence-electron chi connectivity index (χ0n) is 16.4. The number of hydrogen-bond donors (Lipinski definition) is 1. The van der Waals surface area contributed by atoms with Crippen LogP contribution >= 0.6 is 15.9 Å². The second-order valence-corrected chi connectivity index (χ2v) is 6.92. The fourth-order valence-electron chi connectivity index (χ4n) is 1.46. The topological polar surface area (TPSA) is 63.6 Å². The molecule has 0 saturated heterocycles. The maximum Gasteiger partial charge on any atom is 0.308 e. The van der Waals surface area contributed by atoms with Crippen LogP contribution in [0, 0.1) is 11.8 Å². The first-order chi connectivity index (χ1) is 12.8. The number of carboxylic acids is 1. The number of halogens is 1. The van der Waals surface area contributed by atoms with Crippen LogP contribution in [0.1, 0.15) is 38.8 Å². The summed E-state index contributed by atoms with van der Waals surface area (Å²) in [7, 11) is 0. The molecular formula is C22H29BrO4. The standard InChI is InChI=1S/C11H14O2.C7H7Br.C4H8O2/c1-9(2)11(12)13-8-10-6-4-3-5-7-10;8-6-7-4-2-1-3-5-7;1-3(2)4(5)6/h3-7,9H,8H2,1-2H3;1-5H,6H2;3H,1-2H3,(H,5,6). The van der Waals surface area contributed by atoms with E-state index in [1.54, 1.807) is 13.8 Å². The number of esters is 1. The zero-order valence-corrected chi connectivity index (χ0v) is 18.0. The maximum atomic E-state index is 11.1. The van der Waals surface area contributed by atoms with Gasteiger partial charge in [0.15, 0.2) is 0 Å². The van der Waals surface area contributed by atoms with Gasteiger partial charge in [-0.15, -0.1) is 0 Å². The summed E-state index contributed by atoms with van der Waals surface area (Å²) in [5.41, 5.74) is 2.35. The van der Waals surface area contributed by atoms with Gasteiger partial charge in [-0.25, -0.2) is 0 Å². The fourth-order valence-corrected chi connectivity index (χ4v) is 1.84. The zero-order chi connectivity index (χ0) is 20.7. The molecule has 0 aromatic heterocycles. The van der Waals surface area contributed by atoms with Crippen LogP contribution in [-0.4, -0.2) is 17.0 Å². The Morgan fingerprint density at radius 3 is 1.56 bits per heavy atom. The fraction of sp³-hybridized carbons (Fsp3) is 0.364. The van der Waals surface area contributed by atoms with E-state index in [9.17, 15) is 9.59 Å². The van der Waals surface area contributed by atoms with Crippen molar-refractivity contribution in [3.63, 3.8) is 0 Å². The van der Waals surface area contributed by atoms with E-state index in [-0.39, 0.29) is 17.8 Å². The Kier molecular flexibility index (Phi) is 13.8. The quantitative estimate of drug-likeness (QED) is 0.482. The molecule has 0 aliphatic carbocycles. The maximum absolute atomic E-state index is 11.1. The summed E-state index contributed by atoms with van der Waals surface area (Å²) in [6.45, 7) is 7.31. The van der Waals surface area contributed by atoms with Gasteiger partial charge in [0.2, 0.25) is 0 Å². The van der Waals surface area contributed by atoms with E-state index >= 15 is 0 Å². The van der Waals surface area contributed by atoms with Crippen LogP contribution in [0.5, 0.6) is 0 Å². The van der Waals surface area contributed by atoms with E-state index in [1.807, 2.05) is 62.4 Å². The largest absolute Gasteiger partial charge is 0.481 e. The highest BCUT2D eigenvalue weighted by Crippen LogP contribution is 2.04. The van der Waals surface area contributed by atoms with Crippen LogP contribution in [0.3, 0.4) is 0 Å². The van der Waals surface area contributed by atoms with Crippen molar-refractivity contribution in [1.29, 1.82) is 0 Å². The van der Waals surface area contributed by atoms with E-state index in [2.05, 4.69) is 28.1 Å². The molecule has 1 N–H and O–H groups in total. The highest BCUT2D eigenvalue weighted by Gasteiger charge is 2.07. The van der Waals surface area contributed by atoms with Crippen molar-refractivity contribution in [3.05, 3.63) is 71.8 Å². The smallest absolute Gasteiger partial charge is 0.308 e. The van der Waals surface area contributed by atoms with Crippen molar-refractivity contribution in [2.24, 2.45) is 11.8 Å². The van der Waals surface area contributed by atoms with E-state index in [1.165, 1.54) is 5.56 Å². The highest BCUT2D eigenvalue weighted by molar-refractivity contribution is 9.08. The molecule has 2 aromatic rings. The lowest BCUT2D eigenvalue weighted by molar-refractivity contribution is -0.148. The molecule has 2 aromatic carbocycles. The lowest BCUT2D eigenvalue weighted by Crippen LogP contribution is -2.11. The number of hydrogen-bond acceptors (Lipinski definition) is 3. The summed E-state index contributed by atoms with van der Waals surface area (Å²) in [6.07, 6.45) is 0. The van der Waals surface area contributed by atoms with Gasteiger partial charge in [-0.1, -0.05) is 104 Å². The third-order valence-corrected chi connectivity index (χ3v) is 3.83. The van der Waals surface area contributed by atoms with Gasteiger partial charge in [-0.3, -0.25) is 9.59 Å². The molecule has 0 aliphatic rings. The van der Waals surface area contributed by atoms with E-state index in [0.717, 1.165) is 10.9 Å². The molecule has 0 fully saturated rings. The molecule has 0 aliphatic heterocycles. The summed E-state index contributed by atoms with van der Waals surface area (Å²) in [4.78, 5) is 20.8. The van der Waals surface area contributed by atoms with Crippen molar-refractivity contribution in [1.82, 2.24) is 0 Å². The average Bonchev–Trinajstić information content (AvgIpc) is 2.68. The average molecular weight is 437 g/mol. The van der Waals surface area contributed by atoms with Crippen LogP contribution in [0.25, 0.3) is 0 Å². The lowest BCUT2D eigenvalue weighted by Gasteiger charge is -2.06. The number of carbonyl (C=O) groups excluding carboxylic acids is 1. The number of carboxylic acid groups (broad SMARTS) is 1. The molecule has 0 unspecified atom stereocenters. The SMILES string of the molecule is BrCc1ccccc1.CC(C)C(=O)O.CC(C)C(=O)OCc1ccccc1. The van der Waals surface area contributed by atoms with E-state index in [4.69, 9.17) is 9.84 Å². The Morgan fingerprint density at radius 2 is 1.26 bits per heavy atom. The van der Waals surface area contributed by atoms with Crippen molar-refractivity contribution < 1.29 is 19.4 Å². The Hall–Kier alpha value is -2.14. The number of aliphatic carboxylic acids is 1. The summed E-state index contributed by atoms with van der Waals surface area (Å²) in [5, 5.41) is 8.94. The third kappa shape index (κ3) is 13.7. The van der Waals surface area contributed by atoms with Gasteiger partial charge in [-0.2, -0.15) is 0 Å². The minimum atomic E-state index is -0.741. The first-order valence-corrected chi connectivity index (χ1v) is 9.93. The predicted molar refractivity (Wildman–Crippen MR) is 113 cm³/mol. The number of ether oxygens (including phenoxy) is 1. The van der Waals surface area contributed by atoms with Crippen LogP contribution in [-0.2, 0) is 26.3 Å². The normalized spacial score (nSPS) is 9.59. The Morgan fingerprint density at radius 1 is 0.852 bits per heavy atom. The Bertz CT molecular complexity index is 640. The molecule has 0 spiro atoms. The number of benzene rings is 2. The molecule has 2 rings (SSSR count). The van der Waals surface area contributed by atoms with Gasteiger partial charge >= 0.3 is 11.9 Å².